The van der Waals surface area contributed by atoms with Gasteiger partial charge in [0.1, 0.15) is 6.61 Å². The van der Waals surface area contributed by atoms with Crippen molar-refractivity contribution in [3.05, 3.63) is 59.2 Å². The number of hydrogen-bond donors (Lipinski definition) is 2. The molecule has 21 heavy (non-hydrogen) atoms. The van der Waals surface area contributed by atoms with Crippen LogP contribution in [0.25, 0.3) is 0 Å². The van der Waals surface area contributed by atoms with Crippen molar-refractivity contribution >= 4 is 12.6 Å². The Hall–Kier alpha value is -2.06. The predicted octanol–water partition coefficient (Wildman–Crippen LogP) is 1.50. The maximum absolute atomic E-state index is 13.4. The molecule has 0 unspecified atom stereocenters. The van der Waals surface area contributed by atoms with E-state index >= 15 is 0 Å². The number of rotatable bonds is 4. The quantitative estimate of drug-likeness (QED) is 0.511. The minimum Gasteiger partial charge on any atom is -0.483 e. The fraction of sp³-hybridized carbons (Fsp3) is 0.0769. The molecule has 0 bridgehead atoms. The fourth-order valence-corrected chi connectivity index (χ4v) is 1.75. The van der Waals surface area contributed by atoms with Gasteiger partial charge in [-0.3, -0.25) is 0 Å². The summed E-state index contributed by atoms with van der Waals surface area (Å²) in [4.78, 5) is 0. The van der Waals surface area contributed by atoms with Gasteiger partial charge in [0.25, 0.3) is 0 Å². The molecule has 0 aromatic heterocycles. The van der Waals surface area contributed by atoms with Crippen LogP contribution in [-0.2, 0) is 6.61 Å². The first-order chi connectivity index (χ1) is 9.91. The zero-order valence-electron chi connectivity index (χ0n) is 10.5. The highest BCUT2D eigenvalue weighted by Crippen LogP contribution is 2.27. The Morgan fingerprint density at radius 1 is 0.952 bits per heavy atom. The molecule has 0 atom stereocenters. The van der Waals surface area contributed by atoms with E-state index in [0.717, 1.165) is 0 Å². The molecule has 2 N–H and O–H groups in total. The van der Waals surface area contributed by atoms with Crippen molar-refractivity contribution in [2.75, 3.05) is 0 Å². The first-order valence-corrected chi connectivity index (χ1v) is 5.81. The molecule has 2 aromatic rings. The van der Waals surface area contributed by atoms with Crippen LogP contribution in [0.4, 0.5) is 17.6 Å². The lowest BCUT2D eigenvalue weighted by Crippen LogP contribution is -2.33. The zero-order chi connectivity index (χ0) is 15.6. The van der Waals surface area contributed by atoms with Crippen molar-refractivity contribution < 1.29 is 32.3 Å². The second kappa shape index (κ2) is 6.15. The van der Waals surface area contributed by atoms with Crippen LogP contribution < -0.4 is 10.2 Å². The first kappa shape index (κ1) is 15.3. The Balaban J connectivity index is 2.29. The molecule has 0 saturated heterocycles. The van der Waals surface area contributed by atoms with Crippen LogP contribution in [0.5, 0.6) is 5.75 Å². The molecule has 3 nitrogen and oxygen atoms in total. The number of benzene rings is 2. The molecule has 2 aromatic carbocycles. The molecule has 0 fully saturated rings. The van der Waals surface area contributed by atoms with E-state index in [1.54, 1.807) is 0 Å². The topological polar surface area (TPSA) is 49.7 Å². The van der Waals surface area contributed by atoms with Crippen LogP contribution in [0.3, 0.4) is 0 Å². The molecule has 0 amide bonds. The summed E-state index contributed by atoms with van der Waals surface area (Å²) in [5.74, 6) is -7.68. The highest BCUT2D eigenvalue weighted by molar-refractivity contribution is 6.59. The molecule has 0 heterocycles. The van der Waals surface area contributed by atoms with Gasteiger partial charge in [0.2, 0.25) is 11.6 Å². The summed E-state index contributed by atoms with van der Waals surface area (Å²) in [6.45, 7) is -0.496. The van der Waals surface area contributed by atoms with Crippen LogP contribution in [0.2, 0.25) is 0 Å². The lowest BCUT2D eigenvalue weighted by molar-refractivity contribution is 0.262. The molecule has 0 radical (unpaired) electrons. The minimum absolute atomic E-state index is 0.0511. The summed E-state index contributed by atoms with van der Waals surface area (Å²) in [6.07, 6.45) is 0. The molecule has 8 heteroatoms. The lowest BCUT2D eigenvalue weighted by Gasteiger charge is -2.12. The van der Waals surface area contributed by atoms with Crippen LogP contribution in [0.15, 0.2) is 30.3 Å². The van der Waals surface area contributed by atoms with E-state index in [-0.39, 0.29) is 17.1 Å². The number of ether oxygens (including phenoxy) is 1. The highest BCUT2D eigenvalue weighted by Gasteiger charge is 2.22. The van der Waals surface area contributed by atoms with Gasteiger partial charge < -0.3 is 14.8 Å². The van der Waals surface area contributed by atoms with E-state index in [2.05, 4.69) is 0 Å². The molecule has 0 spiro atoms. The summed E-state index contributed by atoms with van der Waals surface area (Å²) >= 11 is 0. The van der Waals surface area contributed by atoms with E-state index in [0.29, 0.717) is 0 Å². The third-order valence-electron chi connectivity index (χ3n) is 2.78. The third kappa shape index (κ3) is 3.17. The second-order valence-corrected chi connectivity index (χ2v) is 4.16. The summed E-state index contributed by atoms with van der Waals surface area (Å²) in [6, 6.07) is 5.90. The van der Waals surface area contributed by atoms with E-state index < -0.39 is 42.7 Å². The summed E-state index contributed by atoms with van der Waals surface area (Å²) in [5.41, 5.74) is 0.256. The van der Waals surface area contributed by atoms with Gasteiger partial charge in [-0.25, -0.2) is 8.78 Å². The summed E-state index contributed by atoms with van der Waals surface area (Å²) < 4.78 is 57.6. The monoisotopic (exact) mass is 300 g/mol. The molecule has 110 valence electrons. The van der Waals surface area contributed by atoms with Crippen LogP contribution in [0, 0.1) is 23.3 Å². The minimum atomic E-state index is -1.82. The SMILES string of the molecule is OB(O)c1ccccc1COc1c(F)c(F)cc(F)c1F. The first-order valence-electron chi connectivity index (χ1n) is 5.81. The van der Waals surface area contributed by atoms with Gasteiger partial charge in [-0.15, -0.1) is 0 Å². The van der Waals surface area contributed by atoms with Crippen molar-refractivity contribution in [3.63, 3.8) is 0 Å². The smallest absolute Gasteiger partial charge is 0.483 e. The fourth-order valence-electron chi connectivity index (χ4n) is 1.75. The second-order valence-electron chi connectivity index (χ2n) is 4.16. The van der Waals surface area contributed by atoms with Crippen LogP contribution in [0.1, 0.15) is 5.56 Å². The van der Waals surface area contributed by atoms with E-state index in [1.165, 1.54) is 24.3 Å². The standard InChI is InChI=1S/C13H9BF4O3/c15-9-5-10(16)12(18)13(11(9)17)21-6-7-3-1-2-4-8(7)14(19)20/h1-5,19-20H,6H2. The van der Waals surface area contributed by atoms with Crippen molar-refractivity contribution in [2.45, 2.75) is 6.61 Å². The maximum atomic E-state index is 13.4. The van der Waals surface area contributed by atoms with Gasteiger partial charge >= 0.3 is 7.12 Å². The number of hydrogen-bond acceptors (Lipinski definition) is 3. The average Bonchev–Trinajstić information content (AvgIpc) is 2.45. The Bertz CT molecular complexity index is 638. The van der Waals surface area contributed by atoms with Crippen molar-refractivity contribution in [2.24, 2.45) is 0 Å². The van der Waals surface area contributed by atoms with E-state index in [1.807, 2.05) is 0 Å². The van der Waals surface area contributed by atoms with Gasteiger partial charge in [0.05, 0.1) is 0 Å². The van der Waals surface area contributed by atoms with E-state index in [9.17, 15) is 17.6 Å². The Morgan fingerprint density at radius 2 is 1.52 bits per heavy atom. The zero-order valence-corrected chi connectivity index (χ0v) is 10.5. The van der Waals surface area contributed by atoms with Crippen molar-refractivity contribution in [1.82, 2.24) is 0 Å². The van der Waals surface area contributed by atoms with Gasteiger partial charge in [-0.1, -0.05) is 24.3 Å². The molecule has 2 rings (SSSR count). The Kier molecular flexibility index (Phi) is 4.49. The summed E-state index contributed by atoms with van der Waals surface area (Å²) in [7, 11) is -1.82. The van der Waals surface area contributed by atoms with Crippen LogP contribution >= 0.6 is 0 Å². The third-order valence-corrected chi connectivity index (χ3v) is 2.78. The van der Waals surface area contributed by atoms with Crippen molar-refractivity contribution in [1.29, 1.82) is 0 Å². The van der Waals surface area contributed by atoms with Gasteiger partial charge in [-0.2, -0.15) is 8.78 Å². The van der Waals surface area contributed by atoms with E-state index in [4.69, 9.17) is 14.8 Å². The molecule has 0 saturated carbocycles. The number of halogens is 4. The average molecular weight is 300 g/mol. The highest BCUT2D eigenvalue weighted by atomic mass is 19.2. The molecule has 0 aliphatic rings. The van der Waals surface area contributed by atoms with Crippen LogP contribution in [-0.4, -0.2) is 17.2 Å². The Labute approximate surface area is 117 Å². The lowest BCUT2D eigenvalue weighted by atomic mass is 9.77. The van der Waals surface area contributed by atoms with Gasteiger partial charge in [-0.05, 0) is 11.0 Å². The molecular formula is C13H9BF4O3. The summed E-state index contributed by atoms with van der Waals surface area (Å²) in [5, 5.41) is 18.3. The van der Waals surface area contributed by atoms with Crippen molar-refractivity contribution in [3.8, 4) is 5.75 Å². The largest absolute Gasteiger partial charge is 0.488 e. The maximum Gasteiger partial charge on any atom is 0.488 e. The predicted molar refractivity (Wildman–Crippen MR) is 66.9 cm³/mol. The van der Waals surface area contributed by atoms with Gasteiger partial charge in [0, 0.05) is 6.07 Å². The van der Waals surface area contributed by atoms with Gasteiger partial charge in [0.15, 0.2) is 17.4 Å². The molecule has 0 aliphatic heterocycles. The molecule has 0 aliphatic carbocycles. The molecular weight excluding hydrogens is 291 g/mol. The normalized spacial score (nSPS) is 10.6. The Morgan fingerprint density at radius 3 is 2.10 bits per heavy atom.